The molecule has 15 heteroatoms. The van der Waals surface area contributed by atoms with Gasteiger partial charge in [-0.05, 0) is 42.5 Å². The normalized spacial score (nSPS) is 14.7. The van der Waals surface area contributed by atoms with Crippen LogP contribution in [-0.2, 0) is 30.8 Å². The van der Waals surface area contributed by atoms with Crippen LogP contribution in [0.3, 0.4) is 0 Å². The predicted octanol–water partition coefficient (Wildman–Crippen LogP) is 0.756. The molecule has 0 radical (unpaired) electrons. The first-order chi connectivity index (χ1) is 20.2. The van der Waals surface area contributed by atoms with Gasteiger partial charge in [0.25, 0.3) is 0 Å². The van der Waals surface area contributed by atoms with Crippen molar-refractivity contribution in [1.82, 2.24) is 14.9 Å². The van der Waals surface area contributed by atoms with Gasteiger partial charge in [0, 0.05) is 13.1 Å². The molecular weight excluding hydrogens is 582 g/mol. The number of amides is 3. The molecule has 0 aliphatic heterocycles. The van der Waals surface area contributed by atoms with Crippen LogP contribution in [0.4, 0.5) is 4.79 Å². The Kier molecular flexibility index (Phi) is 13.5. The van der Waals surface area contributed by atoms with E-state index in [1.807, 2.05) is 13.8 Å². The van der Waals surface area contributed by atoms with Gasteiger partial charge in [-0.15, -0.1) is 0 Å². The third-order valence-electron chi connectivity index (χ3n) is 6.29. The van der Waals surface area contributed by atoms with Gasteiger partial charge in [0.2, 0.25) is 21.8 Å². The molecule has 4 atom stereocenters. The maximum Gasteiger partial charge on any atom is 0.405 e. The number of carboxylic acid groups (broad SMARTS) is 1. The van der Waals surface area contributed by atoms with Crippen molar-refractivity contribution in [3.8, 4) is 0 Å². The fraction of sp³-hybridized carbons (Fsp3) is 0.429. The van der Waals surface area contributed by atoms with Gasteiger partial charge in [0.1, 0.15) is 12.6 Å². The highest BCUT2D eigenvalue weighted by Crippen LogP contribution is 2.20. The van der Waals surface area contributed by atoms with Crippen molar-refractivity contribution in [2.24, 2.45) is 16.8 Å². The van der Waals surface area contributed by atoms with Crippen LogP contribution < -0.4 is 16.4 Å². The molecule has 0 saturated heterocycles. The van der Waals surface area contributed by atoms with Gasteiger partial charge in [0.15, 0.2) is 0 Å². The Bertz CT molecular complexity index is 1340. The molecule has 2 aromatic carbocycles. The largest absolute Gasteiger partial charge is 0.465 e. The highest BCUT2D eigenvalue weighted by Gasteiger charge is 2.34. The number of ether oxygens (including phenoxy) is 1. The molecule has 2 aromatic rings. The van der Waals surface area contributed by atoms with Crippen LogP contribution in [-0.4, -0.2) is 96.3 Å². The number of nitrogens with zero attached hydrogens (tertiary/aromatic N) is 2. The predicted molar refractivity (Wildman–Crippen MR) is 157 cm³/mol. The van der Waals surface area contributed by atoms with Gasteiger partial charge in [0.05, 0.1) is 29.4 Å². The fourth-order valence-corrected chi connectivity index (χ4v) is 5.84. The van der Waals surface area contributed by atoms with Crippen LogP contribution in [0.15, 0.2) is 64.6 Å². The number of carbonyl (C=O) groups excluding carboxylic acids is 2. The second-order valence-corrected chi connectivity index (χ2v) is 12.2. The second-order valence-electron chi connectivity index (χ2n) is 10.3. The Hall–Kier alpha value is -4.05. The van der Waals surface area contributed by atoms with Crippen molar-refractivity contribution in [2.45, 2.75) is 56.4 Å². The summed E-state index contributed by atoms with van der Waals surface area (Å²) in [5.41, 5.74) is 6.29. The Morgan fingerprint density at radius 1 is 1.02 bits per heavy atom. The molecule has 0 aromatic heterocycles. The van der Waals surface area contributed by atoms with Crippen LogP contribution in [0.2, 0.25) is 0 Å². The van der Waals surface area contributed by atoms with Crippen molar-refractivity contribution in [3.63, 3.8) is 0 Å². The zero-order valence-corrected chi connectivity index (χ0v) is 25.0. The number of sulfonamides is 1. The molecule has 0 spiro atoms. The summed E-state index contributed by atoms with van der Waals surface area (Å²) in [4.78, 5) is 35.9. The van der Waals surface area contributed by atoms with Crippen molar-refractivity contribution in [2.75, 3.05) is 19.7 Å². The standard InChI is InChI=1S/C28H39N5O9S/c1-18(2)15-33(43(40,41)22-11-9-21(10-12-22)14-30-39)16-24(34)23(13-20-7-5-4-6-8-20)31-27(36)26(32-28(37)38)19(3)42-17-25(29)35/h4-12,14,18-19,23-24,26,32,34,39H,13,15-17H2,1-3H3,(H2,29,35)(H,31,36)(H,37,38)/t19-,23+,24-,26+/m1/s1. The fourth-order valence-electron chi connectivity index (χ4n) is 4.22. The topological polar surface area (TPSA) is 221 Å². The van der Waals surface area contributed by atoms with E-state index in [0.717, 1.165) is 10.5 Å². The summed E-state index contributed by atoms with van der Waals surface area (Å²) in [7, 11) is -4.12. The number of aliphatic hydroxyl groups excluding tert-OH is 1. The lowest BCUT2D eigenvalue weighted by Crippen LogP contribution is -2.58. The molecule has 43 heavy (non-hydrogen) atoms. The summed E-state index contributed by atoms with van der Waals surface area (Å²) in [6.07, 6.45) is -2.86. The molecule has 236 valence electrons. The minimum Gasteiger partial charge on any atom is -0.465 e. The lowest BCUT2D eigenvalue weighted by molar-refractivity contribution is -0.132. The minimum absolute atomic E-state index is 0.0480. The molecule has 0 unspecified atom stereocenters. The van der Waals surface area contributed by atoms with Gasteiger partial charge >= 0.3 is 6.09 Å². The highest BCUT2D eigenvalue weighted by atomic mass is 32.2. The van der Waals surface area contributed by atoms with E-state index in [0.29, 0.717) is 11.1 Å². The lowest BCUT2D eigenvalue weighted by atomic mass is 10.00. The van der Waals surface area contributed by atoms with Crippen molar-refractivity contribution >= 4 is 34.1 Å². The third-order valence-corrected chi connectivity index (χ3v) is 8.14. The van der Waals surface area contributed by atoms with E-state index < -0.39 is 65.4 Å². The number of oxime groups is 1. The van der Waals surface area contributed by atoms with Crippen LogP contribution >= 0.6 is 0 Å². The number of rotatable bonds is 17. The summed E-state index contributed by atoms with van der Waals surface area (Å²) in [6.45, 7) is 4.09. The van der Waals surface area contributed by atoms with Gasteiger partial charge in [-0.1, -0.05) is 61.5 Å². The van der Waals surface area contributed by atoms with Crippen molar-refractivity contribution in [3.05, 3.63) is 65.7 Å². The molecule has 0 aliphatic carbocycles. The first-order valence-electron chi connectivity index (χ1n) is 13.4. The molecule has 0 fully saturated rings. The van der Waals surface area contributed by atoms with Crippen molar-refractivity contribution in [1.29, 1.82) is 0 Å². The Morgan fingerprint density at radius 3 is 2.19 bits per heavy atom. The Labute approximate surface area is 250 Å². The van der Waals surface area contributed by atoms with E-state index in [4.69, 9.17) is 15.7 Å². The number of nitrogens with one attached hydrogen (secondary N) is 2. The molecule has 3 amide bonds. The molecule has 0 aliphatic rings. The summed E-state index contributed by atoms with van der Waals surface area (Å²) in [6, 6.07) is 11.9. The highest BCUT2D eigenvalue weighted by molar-refractivity contribution is 7.89. The van der Waals surface area contributed by atoms with Gasteiger partial charge in [-0.3, -0.25) is 9.59 Å². The van der Waals surface area contributed by atoms with E-state index in [9.17, 15) is 33.0 Å². The molecule has 0 saturated carbocycles. The average Bonchev–Trinajstić information content (AvgIpc) is 2.94. The molecule has 0 bridgehead atoms. The van der Waals surface area contributed by atoms with E-state index >= 15 is 0 Å². The molecule has 0 heterocycles. The van der Waals surface area contributed by atoms with Gasteiger partial charge < -0.3 is 36.5 Å². The zero-order chi connectivity index (χ0) is 32.2. The maximum absolute atomic E-state index is 13.6. The van der Waals surface area contributed by atoms with Gasteiger partial charge in [-0.2, -0.15) is 4.31 Å². The Morgan fingerprint density at radius 2 is 1.65 bits per heavy atom. The lowest BCUT2D eigenvalue weighted by Gasteiger charge is -2.32. The van der Waals surface area contributed by atoms with E-state index in [-0.39, 0.29) is 23.8 Å². The van der Waals surface area contributed by atoms with Crippen LogP contribution in [0, 0.1) is 5.92 Å². The first kappa shape index (κ1) is 35.1. The molecule has 2 rings (SSSR count). The molecular formula is C28H39N5O9S. The second kappa shape index (κ2) is 16.6. The van der Waals surface area contributed by atoms with E-state index in [1.165, 1.54) is 31.2 Å². The summed E-state index contributed by atoms with van der Waals surface area (Å²) < 4.78 is 33.6. The smallest absolute Gasteiger partial charge is 0.405 e. The molecule has 14 nitrogen and oxygen atoms in total. The number of nitrogens with two attached hydrogens (primary N) is 1. The van der Waals surface area contributed by atoms with E-state index in [2.05, 4.69) is 15.8 Å². The number of hydrogen-bond donors (Lipinski definition) is 6. The van der Waals surface area contributed by atoms with Gasteiger partial charge in [-0.25, -0.2) is 13.2 Å². The number of primary amides is 1. The first-order valence-corrected chi connectivity index (χ1v) is 14.9. The quantitative estimate of drug-likeness (QED) is 0.0832. The number of carbonyl (C=O) groups is 3. The van der Waals surface area contributed by atoms with Crippen LogP contribution in [0.1, 0.15) is 31.9 Å². The summed E-state index contributed by atoms with van der Waals surface area (Å²) in [5.74, 6) is -1.81. The average molecular weight is 622 g/mol. The SMILES string of the molecule is CC(C)CN(C[C@@H](O)[C@H](Cc1ccccc1)NC(=O)[C@@H](NC(=O)O)[C@@H](C)OCC(N)=O)S(=O)(=O)c1ccc(C=NO)cc1. The number of hydrogen-bond acceptors (Lipinski definition) is 9. The molecule has 7 N–H and O–H groups in total. The monoisotopic (exact) mass is 621 g/mol. The summed E-state index contributed by atoms with van der Waals surface area (Å²) in [5, 5.41) is 37.1. The summed E-state index contributed by atoms with van der Waals surface area (Å²) >= 11 is 0. The minimum atomic E-state index is -4.12. The number of benzene rings is 2. The zero-order valence-electron chi connectivity index (χ0n) is 24.2. The third kappa shape index (κ3) is 11.3. The maximum atomic E-state index is 13.6. The number of aliphatic hydroxyl groups is 1. The van der Waals surface area contributed by atoms with E-state index in [1.54, 1.807) is 30.3 Å². The Balaban J connectivity index is 2.39. The van der Waals surface area contributed by atoms with Crippen molar-refractivity contribution < 1.29 is 43.0 Å². The van der Waals surface area contributed by atoms with Crippen LogP contribution in [0.25, 0.3) is 0 Å². The van der Waals surface area contributed by atoms with Crippen LogP contribution in [0.5, 0.6) is 0 Å².